The van der Waals surface area contributed by atoms with Crippen LogP contribution in [0.15, 0.2) is 20.8 Å². The first-order valence-corrected chi connectivity index (χ1v) is 18.3. The second-order valence-corrected chi connectivity index (χ2v) is 22.6. The van der Waals surface area contributed by atoms with Gasteiger partial charge in [-0.2, -0.15) is 4.99 Å². The standard InChI is InChI=1S/C24H42N4O7Si2/c1-14-12-28(20(30)26-17(14)29)18-16(35-37(10,11)23(5,6)7)24(19(25)27-21(31)34-24)15(33-18)13-32-36(8,9)22(2,3)4/h12,15-16,18H,13H2,1-11H3,(H2,25,27,31)(H,26,29,30)/t15-,16+,18-,24?/m1/s1. The van der Waals surface area contributed by atoms with Gasteiger partial charge in [0.15, 0.2) is 28.7 Å². The normalized spacial score (nSPS) is 27.1. The maximum Gasteiger partial charge on any atom is 0.436 e. The number of amides is 1. The van der Waals surface area contributed by atoms with E-state index in [1.165, 1.54) is 10.8 Å². The minimum Gasteiger partial charge on any atom is -0.427 e. The fourth-order valence-corrected chi connectivity index (χ4v) is 6.15. The van der Waals surface area contributed by atoms with Gasteiger partial charge in [0.25, 0.3) is 5.56 Å². The first-order valence-electron chi connectivity index (χ1n) is 12.5. The summed E-state index contributed by atoms with van der Waals surface area (Å²) >= 11 is 0. The van der Waals surface area contributed by atoms with Crippen LogP contribution in [0.2, 0.25) is 36.3 Å². The van der Waals surface area contributed by atoms with Crippen LogP contribution in [0.25, 0.3) is 0 Å². The first kappa shape index (κ1) is 29.5. The van der Waals surface area contributed by atoms with Gasteiger partial charge in [-0.1, -0.05) is 41.5 Å². The molecule has 1 saturated heterocycles. The summed E-state index contributed by atoms with van der Waals surface area (Å²) in [4.78, 5) is 43.8. The van der Waals surface area contributed by atoms with Gasteiger partial charge in [-0.25, -0.2) is 9.59 Å². The molecule has 1 fully saturated rings. The van der Waals surface area contributed by atoms with Gasteiger partial charge in [0.1, 0.15) is 12.2 Å². The lowest BCUT2D eigenvalue weighted by Crippen LogP contribution is -2.62. The fourth-order valence-electron chi connectivity index (χ4n) is 3.87. The van der Waals surface area contributed by atoms with Crippen molar-refractivity contribution in [3.05, 3.63) is 32.6 Å². The number of carbonyl (C=O) groups is 1. The van der Waals surface area contributed by atoms with Gasteiger partial charge in [-0.15, -0.1) is 0 Å². The predicted molar refractivity (Wildman–Crippen MR) is 146 cm³/mol. The highest BCUT2D eigenvalue weighted by Crippen LogP contribution is 2.49. The Balaban J connectivity index is 2.19. The lowest BCUT2D eigenvalue weighted by Gasteiger charge is -2.43. The number of aromatic nitrogens is 2. The van der Waals surface area contributed by atoms with E-state index in [0.717, 1.165) is 0 Å². The van der Waals surface area contributed by atoms with E-state index in [4.69, 9.17) is 24.1 Å². The highest BCUT2D eigenvalue weighted by molar-refractivity contribution is 6.74. The molecule has 1 aromatic rings. The van der Waals surface area contributed by atoms with Gasteiger partial charge in [0.2, 0.25) is 5.60 Å². The molecular weight excluding hydrogens is 512 g/mol. The molecule has 1 aromatic heterocycles. The van der Waals surface area contributed by atoms with Crippen molar-refractivity contribution in [3.8, 4) is 0 Å². The molecule has 208 valence electrons. The Morgan fingerprint density at radius 3 is 2.14 bits per heavy atom. The number of nitrogens with one attached hydrogen (secondary N) is 1. The van der Waals surface area contributed by atoms with Crippen molar-refractivity contribution in [2.45, 2.75) is 109 Å². The lowest BCUT2D eigenvalue weighted by atomic mass is 9.91. The molecule has 1 amide bonds. The molecule has 1 unspecified atom stereocenters. The van der Waals surface area contributed by atoms with Crippen molar-refractivity contribution in [3.63, 3.8) is 0 Å². The molecule has 11 nitrogen and oxygen atoms in total. The van der Waals surface area contributed by atoms with Gasteiger partial charge in [-0.3, -0.25) is 14.3 Å². The zero-order chi connectivity index (χ0) is 28.4. The molecule has 0 aromatic carbocycles. The maximum atomic E-state index is 13.0. The second-order valence-electron chi connectivity index (χ2n) is 13.0. The summed E-state index contributed by atoms with van der Waals surface area (Å²) in [6.07, 6.45) is -2.42. The smallest absolute Gasteiger partial charge is 0.427 e. The van der Waals surface area contributed by atoms with E-state index >= 15 is 0 Å². The van der Waals surface area contributed by atoms with Crippen molar-refractivity contribution in [2.75, 3.05) is 6.61 Å². The van der Waals surface area contributed by atoms with Gasteiger partial charge in [0.05, 0.1) is 6.61 Å². The summed E-state index contributed by atoms with van der Waals surface area (Å²) in [5.41, 5.74) is 3.93. The predicted octanol–water partition coefficient (Wildman–Crippen LogP) is 3.40. The van der Waals surface area contributed by atoms with E-state index in [9.17, 15) is 14.4 Å². The summed E-state index contributed by atoms with van der Waals surface area (Å²) in [5.74, 6) is -0.0817. The number of hydrogen-bond donors (Lipinski definition) is 2. The summed E-state index contributed by atoms with van der Waals surface area (Å²) in [5, 5.41) is -0.316. The molecule has 0 saturated carbocycles. The van der Waals surface area contributed by atoms with Crippen LogP contribution in [0.3, 0.4) is 0 Å². The third kappa shape index (κ3) is 5.15. The number of aromatic amines is 1. The van der Waals surface area contributed by atoms with E-state index in [1.807, 2.05) is 13.1 Å². The van der Waals surface area contributed by atoms with E-state index < -0.39 is 58.0 Å². The molecule has 13 heteroatoms. The quantitative estimate of drug-likeness (QED) is 0.509. The SMILES string of the molecule is Cc1cn([C@@H]2O[C@H](CO[Si](C)(C)C(C)(C)C)C3(OC(=O)N=C3N)[C@H]2O[Si](C)(C)C(C)(C)C)c(=O)[nH]c1=O. The Morgan fingerprint density at radius 1 is 1.08 bits per heavy atom. The van der Waals surface area contributed by atoms with Crippen molar-refractivity contribution < 1.29 is 23.1 Å². The zero-order valence-corrected chi connectivity index (χ0v) is 25.8. The number of amidine groups is 1. The number of aliphatic imine (C=N–C) groups is 1. The minimum atomic E-state index is -2.55. The van der Waals surface area contributed by atoms with Gasteiger partial charge >= 0.3 is 11.8 Å². The number of rotatable bonds is 6. The van der Waals surface area contributed by atoms with Crippen LogP contribution in [0.4, 0.5) is 4.79 Å². The molecule has 2 aliphatic rings. The highest BCUT2D eigenvalue weighted by Gasteiger charge is 2.68. The van der Waals surface area contributed by atoms with E-state index in [2.05, 4.69) is 64.6 Å². The van der Waals surface area contributed by atoms with Gasteiger partial charge < -0.3 is 24.1 Å². The molecule has 0 bridgehead atoms. The number of aryl methyl sites for hydroxylation is 1. The van der Waals surface area contributed by atoms with Crippen LogP contribution >= 0.6 is 0 Å². The molecule has 3 heterocycles. The van der Waals surface area contributed by atoms with E-state index in [1.54, 1.807) is 6.92 Å². The Bertz CT molecular complexity index is 1210. The van der Waals surface area contributed by atoms with Crippen molar-refractivity contribution in [1.29, 1.82) is 0 Å². The molecule has 0 aliphatic carbocycles. The Kier molecular flexibility index (Phi) is 7.41. The third-order valence-corrected chi connectivity index (χ3v) is 17.3. The van der Waals surface area contributed by atoms with Crippen molar-refractivity contribution >= 4 is 28.6 Å². The number of nitrogens with zero attached hydrogens (tertiary/aromatic N) is 2. The molecule has 0 radical (unpaired) electrons. The van der Waals surface area contributed by atoms with Crippen LogP contribution in [-0.2, 0) is 18.3 Å². The average molecular weight is 555 g/mol. The Labute approximate surface area is 220 Å². The number of hydrogen-bond acceptors (Lipinski definition) is 8. The van der Waals surface area contributed by atoms with Crippen LogP contribution in [0, 0.1) is 6.92 Å². The van der Waals surface area contributed by atoms with E-state index in [0.29, 0.717) is 5.56 Å². The number of carbonyl (C=O) groups excluding carboxylic acids is 1. The summed E-state index contributed by atoms with van der Waals surface area (Å²) < 4.78 is 26.9. The molecule has 3 N–H and O–H groups in total. The van der Waals surface area contributed by atoms with E-state index in [-0.39, 0.29) is 22.5 Å². The Hall–Kier alpha value is -2.07. The van der Waals surface area contributed by atoms with Crippen LogP contribution in [0.5, 0.6) is 0 Å². The largest absolute Gasteiger partial charge is 0.436 e. The molecule has 3 rings (SSSR count). The topological polar surface area (TPSA) is 147 Å². The Morgan fingerprint density at radius 2 is 1.65 bits per heavy atom. The summed E-state index contributed by atoms with van der Waals surface area (Å²) in [6.45, 7) is 22.5. The molecule has 37 heavy (non-hydrogen) atoms. The lowest BCUT2D eigenvalue weighted by molar-refractivity contribution is -0.0569. The first-order chi connectivity index (χ1) is 16.6. The maximum absolute atomic E-state index is 13.0. The summed E-state index contributed by atoms with van der Waals surface area (Å²) in [6, 6.07) is 0. The van der Waals surface area contributed by atoms with Crippen LogP contribution in [-0.4, -0.2) is 62.5 Å². The second kappa shape index (κ2) is 9.29. The monoisotopic (exact) mass is 554 g/mol. The van der Waals surface area contributed by atoms with Gasteiger partial charge in [-0.05, 0) is 43.2 Å². The van der Waals surface area contributed by atoms with Gasteiger partial charge in [0, 0.05) is 11.8 Å². The molecule has 2 aliphatic heterocycles. The number of H-pyrrole nitrogens is 1. The summed E-state index contributed by atoms with van der Waals surface area (Å²) in [7, 11) is -4.81. The minimum absolute atomic E-state index is 0.0466. The number of ether oxygens (including phenoxy) is 2. The average Bonchev–Trinajstić information content (AvgIpc) is 3.18. The third-order valence-electron chi connectivity index (χ3n) is 8.38. The van der Waals surface area contributed by atoms with Crippen molar-refractivity contribution in [1.82, 2.24) is 9.55 Å². The van der Waals surface area contributed by atoms with Crippen LogP contribution in [0.1, 0.15) is 53.3 Å². The molecule has 1 spiro atoms. The number of nitrogens with two attached hydrogens (primary N) is 1. The zero-order valence-electron chi connectivity index (χ0n) is 23.8. The van der Waals surface area contributed by atoms with Crippen molar-refractivity contribution in [2.24, 2.45) is 10.7 Å². The molecular formula is C24H42N4O7Si2. The highest BCUT2D eigenvalue weighted by atomic mass is 28.4. The molecule has 4 atom stereocenters. The van der Waals surface area contributed by atoms with Crippen LogP contribution < -0.4 is 17.0 Å². The fraction of sp³-hybridized carbons (Fsp3) is 0.750.